The van der Waals surface area contributed by atoms with E-state index in [2.05, 4.69) is 26.8 Å². The summed E-state index contributed by atoms with van der Waals surface area (Å²) in [5.41, 5.74) is 1.79. The molecule has 0 bridgehead atoms. The first-order valence-corrected chi connectivity index (χ1v) is 9.06. The fourth-order valence-electron chi connectivity index (χ4n) is 2.62. The monoisotopic (exact) mass is 326 g/mol. The number of benzene rings is 1. The highest BCUT2D eigenvalue weighted by Crippen LogP contribution is 2.41. The van der Waals surface area contributed by atoms with Gasteiger partial charge >= 0.3 is 0 Å². The van der Waals surface area contributed by atoms with Gasteiger partial charge in [0.25, 0.3) is 10.1 Å². The topological polar surface area (TPSA) is 54.4 Å². The van der Waals surface area contributed by atoms with Crippen molar-refractivity contribution in [3.8, 4) is 0 Å². The molecule has 1 N–H and O–H groups in total. The molecule has 0 saturated carbocycles. The van der Waals surface area contributed by atoms with Crippen LogP contribution >= 0.6 is 0 Å². The Morgan fingerprint density at radius 1 is 0.773 bits per heavy atom. The Balaban J connectivity index is 4.05. The predicted octanol–water partition coefficient (Wildman–Crippen LogP) is 4.83. The van der Waals surface area contributed by atoms with Crippen LogP contribution in [0.3, 0.4) is 0 Å². The predicted molar refractivity (Wildman–Crippen MR) is 92.4 cm³/mol. The van der Waals surface area contributed by atoms with Gasteiger partial charge in [0, 0.05) is 0 Å². The zero-order valence-electron chi connectivity index (χ0n) is 15.3. The van der Waals surface area contributed by atoms with Crippen LogP contribution in [0.4, 0.5) is 0 Å². The first-order valence-electron chi connectivity index (χ1n) is 7.62. The lowest BCUT2D eigenvalue weighted by Gasteiger charge is -2.34. The number of rotatable bonds is 1. The molecule has 0 fully saturated rings. The van der Waals surface area contributed by atoms with Crippen molar-refractivity contribution in [1.82, 2.24) is 0 Å². The highest BCUT2D eigenvalue weighted by atomic mass is 32.2. The molecule has 0 amide bonds. The standard InChI is InChI=1S/C18H30O3S/c1-16(2,3)12-10-13(17(4,5)6)15(18(7,8)9)14(11-12)22(19,20)21/h10-11H,1-9H3,(H,19,20,21). The van der Waals surface area contributed by atoms with E-state index in [1.165, 1.54) is 0 Å². The van der Waals surface area contributed by atoms with E-state index in [0.29, 0.717) is 5.56 Å². The first kappa shape index (κ1) is 19.2. The highest BCUT2D eigenvalue weighted by Gasteiger charge is 2.33. The van der Waals surface area contributed by atoms with Gasteiger partial charge in [-0.3, -0.25) is 4.55 Å². The first-order chi connectivity index (χ1) is 9.45. The second-order valence-electron chi connectivity index (χ2n) is 9.12. The van der Waals surface area contributed by atoms with Crippen molar-refractivity contribution in [2.45, 2.75) is 83.5 Å². The number of hydrogen-bond acceptors (Lipinski definition) is 2. The molecule has 0 unspecified atom stereocenters. The number of hydrogen-bond donors (Lipinski definition) is 1. The van der Waals surface area contributed by atoms with Crippen LogP contribution in [0.15, 0.2) is 17.0 Å². The molecule has 1 aromatic rings. The maximum absolute atomic E-state index is 12.0. The van der Waals surface area contributed by atoms with E-state index in [1.807, 2.05) is 41.5 Å². The van der Waals surface area contributed by atoms with Gasteiger partial charge in [0.15, 0.2) is 0 Å². The Morgan fingerprint density at radius 3 is 1.50 bits per heavy atom. The molecule has 0 spiro atoms. The van der Waals surface area contributed by atoms with Gasteiger partial charge < -0.3 is 0 Å². The molecule has 0 aliphatic rings. The third kappa shape index (κ3) is 4.11. The van der Waals surface area contributed by atoms with Crippen LogP contribution in [0.25, 0.3) is 0 Å². The normalized spacial score (nSPS) is 14.3. The van der Waals surface area contributed by atoms with Crippen molar-refractivity contribution in [1.29, 1.82) is 0 Å². The fourth-order valence-corrected chi connectivity index (χ4v) is 3.57. The summed E-state index contributed by atoms with van der Waals surface area (Å²) in [7, 11) is -4.28. The minimum Gasteiger partial charge on any atom is -0.282 e. The SMILES string of the molecule is CC(C)(C)c1cc(C(C)(C)C)c(C(C)(C)C)c(S(=O)(=O)O)c1. The van der Waals surface area contributed by atoms with Crippen molar-refractivity contribution in [2.24, 2.45) is 0 Å². The van der Waals surface area contributed by atoms with Gasteiger partial charge in [0.1, 0.15) is 0 Å². The van der Waals surface area contributed by atoms with E-state index >= 15 is 0 Å². The summed E-state index contributed by atoms with van der Waals surface area (Å²) in [6.45, 7) is 18.3. The molecule has 0 saturated heterocycles. The van der Waals surface area contributed by atoms with Crippen LogP contribution in [0, 0.1) is 0 Å². The maximum Gasteiger partial charge on any atom is 0.294 e. The molecule has 3 nitrogen and oxygen atoms in total. The van der Waals surface area contributed by atoms with Crippen LogP contribution < -0.4 is 0 Å². The zero-order valence-corrected chi connectivity index (χ0v) is 16.1. The molecular formula is C18H30O3S. The third-order valence-electron chi connectivity index (χ3n) is 3.80. The van der Waals surface area contributed by atoms with Crippen molar-refractivity contribution in [2.75, 3.05) is 0 Å². The van der Waals surface area contributed by atoms with Crippen LogP contribution in [0.5, 0.6) is 0 Å². The van der Waals surface area contributed by atoms with Gasteiger partial charge in [-0.05, 0) is 39.0 Å². The summed E-state index contributed by atoms with van der Waals surface area (Å²) >= 11 is 0. The van der Waals surface area contributed by atoms with Crippen LogP contribution in [-0.2, 0) is 26.4 Å². The van der Waals surface area contributed by atoms with Gasteiger partial charge in [-0.1, -0.05) is 68.4 Å². The van der Waals surface area contributed by atoms with Crippen molar-refractivity contribution in [3.63, 3.8) is 0 Å². The Kier molecular flexibility index (Phi) is 4.66. The molecule has 1 aromatic carbocycles. The second kappa shape index (κ2) is 5.34. The van der Waals surface area contributed by atoms with Gasteiger partial charge in [0.05, 0.1) is 4.90 Å². The molecule has 126 valence electrons. The van der Waals surface area contributed by atoms with E-state index in [1.54, 1.807) is 6.07 Å². The molecule has 0 aliphatic heterocycles. The van der Waals surface area contributed by atoms with Gasteiger partial charge in [-0.25, -0.2) is 0 Å². The molecular weight excluding hydrogens is 296 g/mol. The largest absolute Gasteiger partial charge is 0.294 e. The van der Waals surface area contributed by atoms with Crippen LogP contribution in [-0.4, -0.2) is 13.0 Å². The van der Waals surface area contributed by atoms with E-state index in [0.717, 1.165) is 11.1 Å². The molecule has 22 heavy (non-hydrogen) atoms. The summed E-state index contributed by atoms with van der Waals surface area (Å²) in [6.07, 6.45) is 0. The summed E-state index contributed by atoms with van der Waals surface area (Å²) in [6, 6.07) is 3.72. The molecule has 0 aromatic heterocycles. The molecule has 4 heteroatoms. The lowest BCUT2D eigenvalue weighted by Crippen LogP contribution is -2.27. The lowest BCUT2D eigenvalue weighted by atomic mass is 9.72. The zero-order chi connectivity index (χ0) is 17.7. The van der Waals surface area contributed by atoms with Crippen molar-refractivity contribution >= 4 is 10.1 Å². The van der Waals surface area contributed by atoms with E-state index in [-0.39, 0.29) is 21.1 Å². The van der Waals surface area contributed by atoms with E-state index in [4.69, 9.17) is 0 Å². The second-order valence-corrected chi connectivity index (χ2v) is 10.5. The van der Waals surface area contributed by atoms with Crippen molar-refractivity contribution < 1.29 is 13.0 Å². The van der Waals surface area contributed by atoms with Gasteiger partial charge in [-0.15, -0.1) is 0 Å². The Bertz CT molecular complexity index is 664. The molecule has 0 radical (unpaired) electrons. The highest BCUT2D eigenvalue weighted by molar-refractivity contribution is 7.85. The average molecular weight is 327 g/mol. The Morgan fingerprint density at radius 2 is 1.23 bits per heavy atom. The Hall–Kier alpha value is -0.870. The summed E-state index contributed by atoms with van der Waals surface area (Å²) in [5, 5.41) is 0. The molecule has 0 atom stereocenters. The minimum atomic E-state index is -4.28. The summed E-state index contributed by atoms with van der Waals surface area (Å²) < 4.78 is 33.8. The average Bonchev–Trinajstić information content (AvgIpc) is 2.22. The fraction of sp³-hybridized carbons (Fsp3) is 0.667. The summed E-state index contributed by atoms with van der Waals surface area (Å²) in [4.78, 5) is 0.0392. The molecule has 1 rings (SSSR count). The van der Waals surface area contributed by atoms with E-state index < -0.39 is 10.1 Å². The van der Waals surface area contributed by atoms with Gasteiger partial charge in [0.2, 0.25) is 0 Å². The third-order valence-corrected chi connectivity index (χ3v) is 4.68. The van der Waals surface area contributed by atoms with Crippen LogP contribution in [0.2, 0.25) is 0 Å². The lowest BCUT2D eigenvalue weighted by molar-refractivity contribution is 0.468. The quantitative estimate of drug-likeness (QED) is 0.752. The Labute approximate surface area is 135 Å². The summed E-state index contributed by atoms with van der Waals surface area (Å²) in [5.74, 6) is 0. The minimum absolute atomic E-state index is 0.0392. The van der Waals surface area contributed by atoms with Crippen molar-refractivity contribution in [3.05, 3.63) is 28.8 Å². The smallest absolute Gasteiger partial charge is 0.282 e. The van der Waals surface area contributed by atoms with E-state index in [9.17, 15) is 13.0 Å². The van der Waals surface area contributed by atoms with Gasteiger partial charge in [-0.2, -0.15) is 8.42 Å². The van der Waals surface area contributed by atoms with Crippen LogP contribution in [0.1, 0.15) is 79.0 Å². The molecule has 0 aliphatic carbocycles. The maximum atomic E-state index is 12.0. The molecule has 0 heterocycles.